The number of hydrogen-bond acceptors (Lipinski definition) is 5. The van der Waals surface area contributed by atoms with Crippen molar-refractivity contribution in [2.45, 2.75) is 25.9 Å². The maximum absolute atomic E-state index is 12.1. The van der Waals surface area contributed by atoms with Crippen LogP contribution in [0.15, 0.2) is 17.1 Å². The third-order valence-electron chi connectivity index (χ3n) is 4.02. The van der Waals surface area contributed by atoms with Gasteiger partial charge < -0.3 is 15.1 Å². The Hall–Kier alpha value is -1.40. The number of likely N-dealkylation sites (N-methyl/N-ethyl adjacent to an activating group) is 2. The fourth-order valence-corrected chi connectivity index (χ4v) is 2.43. The molecule has 2 heterocycles. The van der Waals surface area contributed by atoms with Gasteiger partial charge in [-0.3, -0.25) is 4.79 Å². The van der Waals surface area contributed by atoms with Crippen LogP contribution in [0.2, 0.25) is 0 Å². The summed E-state index contributed by atoms with van der Waals surface area (Å²) in [6.45, 7) is 6.69. The molecule has 0 radical (unpaired) electrons. The Labute approximate surface area is 120 Å². The van der Waals surface area contributed by atoms with Gasteiger partial charge >= 0.3 is 0 Å². The van der Waals surface area contributed by atoms with Crippen molar-refractivity contribution in [1.82, 2.24) is 20.0 Å². The maximum atomic E-state index is 12.1. The summed E-state index contributed by atoms with van der Waals surface area (Å²) in [5.41, 5.74) is 0.923. The average molecular weight is 279 g/mol. The Morgan fingerprint density at radius 1 is 1.35 bits per heavy atom. The predicted octanol–water partition coefficient (Wildman–Crippen LogP) is -0.00690. The normalized spacial score (nSPS) is 18.2. The van der Waals surface area contributed by atoms with E-state index in [0.717, 1.165) is 38.3 Å². The van der Waals surface area contributed by atoms with Gasteiger partial charge in [0.25, 0.3) is 5.56 Å². The fourth-order valence-electron chi connectivity index (χ4n) is 2.43. The first-order valence-corrected chi connectivity index (χ1v) is 7.32. The second-order valence-electron chi connectivity index (χ2n) is 5.42. The molecule has 1 fully saturated rings. The Morgan fingerprint density at radius 3 is 2.60 bits per heavy atom. The van der Waals surface area contributed by atoms with Gasteiger partial charge in [-0.1, -0.05) is 6.92 Å². The van der Waals surface area contributed by atoms with Gasteiger partial charge in [0.1, 0.15) is 0 Å². The average Bonchev–Trinajstić information content (AvgIpc) is 2.47. The van der Waals surface area contributed by atoms with E-state index in [2.05, 4.69) is 34.2 Å². The van der Waals surface area contributed by atoms with Crippen LogP contribution in [0.1, 0.15) is 13.3 Å². The van der Waals surface area contributed by atoms with Crippen molar-refractivity contribution >= 4 is 5.69 Å². The molecule has 1 aliphatic rings. The molecule has 6 nitrogen and oxygen atoms in total. The molecular weight excluding hydrogens is 254 g/mol. The molecule has 1 N–H and O–H groups in total. The van der Waals surface area contributed by atoms with Gasteiger partial charge in [0.2, 0.25) is 0 Å². The van der Waals surface area contributed by atoms with E-state index in [0.29, 0.717) is 6.54 Å². The topological polar surface area (TPSA) is 53.4 Å². The summed E-state index contributed by atoms with van der Waals surface area (Å²) in [6, 6.07) is 2.00. The molecule has 1 aromatic rings. The van der Waals surface area contributed by atoms with Crippen LogP contribution in [0.3, 0.4) is 0 Å². The quantitative estimate of drug-likeness (QED) is 0.822. The van der Waals surface area contributed by atoms with Crippen LogP contribution in [0, 0.1) is 0 Å². The lowest BCUT2D eigenvalue weighted by atomic mass is 10.2. The van der Waals surface area contributed by atoms with Crippen LogP contribution in [-0.4, -0.2) is 61.0 Å². The van der Waals surface area contributed by atoms with Gasteiger partial charge in [-0.2, -0.15) is 5.10 Å². The summed E-state index contributed by atoms with van der Waals surface area (Å²) < 4.78 is 1.55. The molecule has 0 bridgehead atoms. The van der Waals surface area contributed by atoms with E-state index in [-0.39, 0.29) is 11.6 Å². The van der Waals surface area contributed by atoms with E-state index in [1.165, 1.54) is 0 Å². The Kier molecular flexibility index (Phi) is 5.14. The molecule has 6 heteroatoms. The Morgan fingerprint density at radius 2 is 2.05 bits per heavy atom. The first kappa shape index (κ1) is 15.0. The summed E-state index contributed by atoms with van der Waals surface area (Å²) in [5, 5.41) is 7.51. The molecule has 1 aliphatic heterocycles. The van der Waals surface area contributed by atoms with E-state index in [1.54, 1.807) is 10.7 Å². The Bertz CT molecular complexity index is 475. The summed E-state index contributed by atoms with van der Waals surface area (Å²) in [4.78, 5) is 16.7. The van der Waals surface area contributed by atoms with E-state index in [4.69, 9.17) is 0 Å². The van der Waals surface area contributed by atoms with Crippen molar-refractivity contribution in [3.63, 3.8) is 0 Å². The smallest absolute Gasteiger partial charge is 0.268 e. The number of nitrogens with one attached hydrogen (secondary N) is 1. The molecule has 0 spiro atoms. The number of piperazine rings is 1. The van der Waals surface area contributed by atoms with Crippen LogP contribution in [0.4, 0.5) is 5.69 Å². The maximum Gasteiger partial charge on any atom is 0.268 e. The number of anilines is 1. The lowest BCUT2D eigenvalue weighted by molar-refractivity contribution is 0.312. The van der Waals surface area contributed by atoms with Gasteiger partial charge in [-0.15, -0.1) is 0 Å². The molecule has 1 atom stereocenters. The SMILES string of the molecule is CCC(Cn1ncc(N2CCN(C)CC2)cc1=O)NC. The van der Waals surface area contributed by atoms with Gasteiger partial charge in [-0.05, 0) is 20.5 Å². The summed E-state index contributed by atoms with van der Waals surface area (Å²) in [6.07, 6.45) is 2.79. The van der Waals surface area contributed by atoms with Crippen LogP contribution < -0.4 is 15.8 Å². The number of rotatable bonds is 5. The van der Waals surface area contributed by atoms with Crippen molar-refractivity contribution in [3.8, 4) is 0 Å². The molecule has 1 unspecified atom stereocenters. The first-order valence-electron chi connectivity index (χ1n) is 7.32. The lowest BCUT2D eigenvalue weighted by Gasteiger charge is -2.33. The molecule has 1 saturated heterocycles. The third kappa shape index (κ3) is 3.58. The van der Waals surface area contributed by atoms with Gasteiger partial charge in [-0.25, -0.2) is 4.68 Å². The Balaban J connectivity index is 2.07. The van der Waals surface area contributed by atoms with Crippen LogP contribution in [-0.2, 0) is 6.54 Å². The van der Waals surface area contributed by atoms with Crippen molar-refractivity contribution in [3.05, 3.63) is 22.6 Å². The zero-order valence-electron chi connectivity index (χ0n) is 12.7. The molecular formula is C14H25N5O. The second kappa shape index (κ2) is 6.85. The van der Waals surface area contributed by atoms with Crippen LogP contribution in [0.25, 0.3) is 0 Å². The predicted molar refractivity (Wildman–Crippen MR) is 81.3 cm³/mol. The van der Waals surface area contributed by atoms with E-state index >= 15 is 0 Å². The van der Waals surface area contributed by atoms with Gasteiger partial charge in [0.05, 0.1) is 18.4 Å². The highest BCUT2D eigenvalue weighted by molar-refractivity contribution is 5.43. The first-order chi connectivity index (χ1) is 9.63. The summed E-state index contributed by atoms with van der Waals surface area (Å²) >= 11 is 0. The highest BCUT2D eigenvalue weighted by Gasteiger charge is 2.15. The fraction of sp³-hybridized carbons (Fsp3) is 0.714. The van der Waals surface area contributed by atoms with Crippen molar-refractivity contribution in [1.29, 1.82) is 0 Å². The van der Waals surface area contributed by atoms with E-state index in [9.17, 15) is 4.79 Å². The minimum Gasteiger partial charge on any atom is -0.368 e. The third-order valence-corrected chi connectivity index (χ3v) is 4.02. The zero-order valence-corrected chi connectivity index (χ0v) is 12.7. The van der Waals surface area contributed by atoms with Crippen molar-refractivity contribution < 1.29 is 0 Å². The monoisotopic (exact) mass is 279 g/mol. The van der Waals surface area contributed by atoms with Gasteiger partial charge in [0.15, 0.2) is 0 Å². The summed E-state index contributed by atoms with van der Waals surface area (Å²) in [5.74, 6) is 0. The highest BCUT2D eigenvalue weighted by Crippen LogP contribution is 2.12. The summed E-state index contributed by atoms with van der Waals surface area (Å²) in [7, 11) is 4.04. The molecule has 1 aromatic heterocycles. The van der Waals surface area contributed by atoms with Crippen molar-refractivity contribution in [2.24, 2.45) is 0 Å². The van der Waals surface area contributed by atoms with Crippen LogP contribution >= 0.6 is 0 Å². The molecule has 20 heavy (non-hydrogen) atoms. The van der Waals surface area contributed by atoms with E-state index < -0.39 is 0 Å². The minimum absolute atomic E-state index is 0.0184. The second-order valence-corrected chi connectivity index (χ2v) is 5.42. The number of hydrogen-bond donors (Lipinski definition) is 1. The highest BCUT2D eigenvalue weighted by atomic mass is 16.1. The van der Waals surface area contributed by atoms with Gasteiger partial charge in [0, 0.05) is 38.3 Å². The largest absolute Gasteiger partial charge is 0.368 e. The van der Waals surface area contributed by atoms with E-state index in [1.807, 2.05) is 13.2 Å². The lowest BCUT2D eigenvalue weighted by Crippen LogP contribution is -2.45. The molecule has 0 aromatic carbocycles. The van der Waals surface area contributed by atoms with Crippen molar-refractivity contribution in [2.75, 3.05) is 45.2 Å². The van der Waals surface area contributed by atoms with Crippen LogP contribution in [0.5, 0.6) is 0 Å². The minimum atomic E-state index is -0.0184. The zero-order chi connectivity index (χ0) is 14.5. The molecule has 0 aliphatic carbocycles. The molecule has 112 valence electrons. The standard InChI is InChI=1S/C14H25N5O/c1-4-12(15-2)11-19-14(20)9-13(10-16-19)18-7-5-17(3)6-8-18/h9-10,12,15H,4-8,11H2,1-3H3. The number of aromatic nitrogens is 2. The number of nitrogens with zero attached hydrogens (tertiary/aromatic N) is 4. The molecule has 2 rings (SSSR count). The molecule has 0 amide bonds. The molecule has 0 saturated carbocycles.